The first-order valence-electron chi connectivity index (χ1n) is 5.16. The molecule has 1 aromatic heterocycles. The Bertz CT molecular complexity index is 437. The minimum atomic E-state index is -0.0377. The summed E-state index contributed by atoms with van der Waals surface area (Å²) >= 11 is 0. The number of aryl methyl sites for hydroxylation is 1. The molecular weight excluding hydrogens is 202 g/mol. The molecule has 1 heterocycles. The molecule has 0 spiro atoms. The van der Waals surface area contributed by atoms with Gasteiger partial charge >= 0.3 is 0 Å². The molecule has 5 nitrogen and oxygen atoms in total. The van der Waals surface area contributed by atoms with Gasteiger partial charge in [-0.1, -0.05) is 29.8 Å². The Hall–Kier alpha value is -1.72. The number of hydrogen-bond donors (Lipinski definition) is 3. The van der Waals surface area contributed by atoms with Gasteiger partial charge in [0, 0.05) is 0 Å². The molecule has 0 bridgehead atoms. The van der Waals surface area contributed by atoms with E-state index in [2.05, 4.69) is 45.7 Å². The lowest BCUT2D eigenvalue weighted by molar-refractivity contribution is 0.524. The molecule has 1 unspecified atom stereocenters. The Kier molecular flexibility index (Phi) is 3.28. The summed E-state index contributed by atoms with van der Waals surface area (Å²) in [6.07, 6.45) is 2.27. The first kappa shape index (κ1) is 10.8. The first-order valence-corrected chi connectivity index (χ1v) is 5.16. The number of nitrogens with one attached hydrogen (secondary N) is 2. The average Bonchev–Trinajstić information content (AvgIpc) is 2.79. The summed E-state index contributed by atoms with van der Waals surface area (Å²) in [6, 6.07) is 8.29. The van der Waals surface area contributed by atoms with E-state index >= 15 is 0 Å². The molecule has 4 N–H and O–H groups in total. The fourth-order valence-electron chi connectivity index (χ4n) is 1.69. The van der Waals surface area contributed by atoms with Crippen molar-refractivity contribution < 1.29 is 0 Å². The highest BCUT2D eigenvalue weighted by molar-refractivity contribution is 5.23. The zero-order valence-electron chi connectivity index (χ0n) is 9.14. The van der Waals surface area contributed by atoms with E-state index in [9.17, 15) is 0 Å². The lowest BCUT2D eigenvalue weighted by atomic mass is 10.0. The largest absolute Gasteiger partial charge is 0.271 e. The van der Waals surface area contributed by atoms with E-state index < -0.39 is 0 Å². The maximum Gasteiger partial charge on any atom is 0.143 e. The molecular formula is C11H15N5. The highest BCUT2D eigenvalue weighted by Gasteiger charge is 2.13. The maximum atomic E-state index is 5.51. The molecule has 0 amide bonds. The lowest BCUT2D eigenvalue weighted by Crippen LogP contribution is -2.30. The summed E-state index contributed by atoms with van der Waals surface area (Å²) < 4.78 is 0. The van der Waals surface area contributed by atoms with Gasteiger partial charge in [0.1, 0.15) is 12.2 Å². The topological polar surface area (TPSA) is 79.6 Å². The minimum absolute atomic E-state index is 0.0377. The standard InChI is InChI=1S/C11H15N5/c1-8-3-2-4-9(5-8)6-10(15-12)11-13-7-14-16-11/h2-5,7,10,15H,6,12H2,1H3,(H,13,14,16). The third kappa shape index (κ3) is 2.44. The van der Waals surface area contributed by atoms with E-state index in [0.29, 0.717) is 0 Å². The van der Waals surface area contributed by atoms with Crippen LogP contribution in [0.15, 0.2) is 30.6 Å². The van der Waals surface area contributed by atoms with Gasteiger partial charge in [0.15, 0.2) is 0 Å². The van der Waals surface area contributed by atoms with Crippen molar-refractivity contribution in [3.05, 3.63) is 47.5 Å². The van der Waals surface area contributed by atoms with E-state index in [4.69, 9.17) is 5.84 Å². The number of aromatic nitrogens is 3. The molecule has 0 saturated carbocycles. The molecule has 0 radical (unpaired) electrons. The predicted molar refractivity (Wildman–Crippen MR) is 61.3 cm³/mol. The van der Waals surface area contributed by atoms with Crippen molar-refractivity contribution in [1.82, 2.24) is 20.6 Å². The van der Waals surface area contributed by atoms with Crippen LogP contribution in [0, 0.1) is 6.92 Å². The second-order valence-electron chi connectivity index (χ2n) is 3.78. The second-order valence-corrected chi connectivity index (χ2v) is 3.78. The van der Waals surface area contributed by atoms with Gasteiger partial charge in [-0.25, -0.2) is 10.4 Å². The molecule has 84 valence electrons. The summed E-state index contributed by atoms with van der Waals surface area (Å²) in [4.78, 5) is 4.10. The minimum Gasteiger partial charge on any atom is -0.271 e. The molecule has 0 fully saturated rings. The number of hydrazine groups is 1. The highest BCUT2D eigenvalue weighted by Crippen LogP contribution is 2.14. The number of rotatable bonds is 4. The first-order chi connectivity index (χ1) is 7.79. The molecule has 2 aromatic rings. The number of aromatic amines is 1. The van der Waals surface area contributed by atoms with Gasteiger partial charge in [-0.2, -0.15) is 5.10 Å². The molecule has 1 atom stereocenters. The van der Waals surface area contributed by atoms with Gasteiger partial charge in [-0.3, -0.25) is 10.9 Å². The second kappa shape index (κ2) is 4.87. The molecule has 16 heavy (non-hydrogen) atoms. The van der Waals surface area contributed by atoms with Gasteiger partial charge in [0.05, 0.1) is 6.04 Å². The van der Waals surface area contributed by atoms with Gasteiger partial charge < -0.3 is 0 Å². The number of nitrogens with zero attached hydrogens (tertiary/aromatic N) is 2. The summed E-state index contributed by atoms with van der Waals surface area (Å²) in [5.41, 5.74) is 5.20. The van der Waals surface area contributed by atoms with Gasteiger partial charge in [-0.15, -0.1) is 0 Å². The van der Waals surface area contributed by atoms with Crippen molar-refractivity contribution in [1.29, 1.82) is 0 Å². The molecule has 1 aromatic carbocycles. The number of benzene rings is 1. The SMILES string of the molecule is Cc1cccc(CC(NN)c2ncn[nH]2)c1. The third-order valence-corrected chi connectivity index (χ3v) is 2.49. The van der Waals surface area contributed by atoms with Crippen LogP contribution in [0.2, 0.25) is 0 Å². The van der Waals surface area contributed by atoms with Crippen molar-refractivity contribution in [2.45, 2.75) is 19.4 Å². The van der Waals surface area contributed by atoms with Crippen molar-refractivity contribution >= 4 is 0 Å². The fraction of sp³-hybridized carbons (Fsp3) is 0.273. The van der Waals surface area contributed by atoms with E-state index in [-0.39, 0.29) is 6.04 Å². The zero-order valence-corrected chi connectivity index (χ0v) is 9.14. The molecule has 5 heteroatoms. The van der Waals surface area contributed by atoms with Crippen LogP contribution in [0.4, 0.5) is 0 Å². The monoisotopic (exact) mass is 217 g/mol. The summed E-state index contributed by atoms with van der Waals surface area (Å²) in [6.45, 7) is 2.07. The van der Waals surface area contributed by atoms with Crippen molar-refractivity contribution in [3.8, 4) is 0 Å². The molecule has 2 rings (SSSR count). The normalized spacial score (nSPS) is 12.6. The Morgan fingerprint density at radius 2 is 2.38 bits per heavy atom. The zero-order chi connectivity index (χ0) is 11.4. The summed E-state index contributed by atoms with van der Waals surface area (Å²) in [5, 5.41) is 6.64. The average molecular weight is 217 g/mol. The van der Waals surface area contributed by atoms with Crippen molar-refractivity contribution in [2.24, 2.45) is 5.84 Å². The van der Waals surface area contributed by atoms with E-state index in [1.807, 2.05) is 6.07 Å². The van der Waals surface area contributed by atoms with Crippen LogP contribution in [0.1, 0.15) is 23.0 Å². The Morgan fingerprint density at radius 3 is 3.00 bits per heavy atom. The van der Waals surface area contributed by atoms with Crippen LogP contribution >= 0.6 is 0 Å². The molecule has 0 aliphatic heterocycles. The predicted octanol–water partition coefficient (Wildman–Crippen LogP) is 0.860. The molecule has 0 aliphatic carbocycles. The highest BCUT2D eigenvalue weighted by atomic mass is 15.3. The third-order valence-electron chi connectivity index (χ3n) is 2.49. The molecule has 0 saturated heterocycles. The van der Waals surface area contributed by atoms with Gasteiger partial charge in [0.25, 0.3) is 0 Å². The van der Waals surface area contributed by atoms with Gasteiger partial charge in [-0.05, 0) is 18.9 Å². The quantitative estimate of drug-likeness (QED) is 0.524. The van der Waals surface area contributed by atoms with Crippen LogP contribution in [-0.4, -0.2) is 15.2 Å². The van der Waals surface area contributed by atoms with Crippen LogP contribution in [0.25, 0.3) is 0 Å². The summed E-state index contributed by atoms with van der Waals surface area (Å²) in [5.74, 6) is 6.27. The van der Waals surface area contributed by atoms with Crippen LogP contribution in [-0.2, 0) is 6.42 Å². The number of nitrogens with two attached hydrogens (primary N) is 1. The Labute approximate surface area is 94.1 Å². The molecule has 0 aliphatic rings. The lowest BCUT2D eigenvalue weighted by Gasteiger charge is -2.13. The fourth-order valence-corrected chi connectivity index (χ4v) is 1.69. The van der Waals surface area contributed by atoms with Crippen molar-refractivity contribution in [3.63, 3.8) is 0 Å². The summed E-state index contributed by atoms with van der Waals surface area (Å²) in [7, 11) is 0. The van der Waals surface area contributed by atoms with E-state index in [1.54, 1.807) is 0 Å². The number of H-pyrrole nitrogens is 1. The maximum absolute atomic E-state index is 5.51. The van der Waals surface area contributed by atoms with Gasteiger partial charge in [0.2, 0.25) is 0 Å². The van der Waals surface area contributed by atoms with Crippen LogP contribution in [0.5, 0.6) is 0 Å². The number of hydrogen-bond acceptors (Lipinski definition) is 4. The Balaban J connectivity index is 2.13. The Morgan fingerprint density at radius 1 is 1.50 bits per heavy atom. The smallest absolute Gasteiger partial charge is 0.143 e. The van der Waals surface area contributed by atoms with Crippen LogP contribution < -0.4 is 11.3 Å². The van der Waals surface area contributed by atoms with Crippen molar-refractivity contribution in [2.75, 3.05) is 0 Å². The van der Waals surface area contributed by atoms with E-state index in [0.717, 1.165) is 12.2 Å². The van der Waals surface area contributed by atoms with E-state index in [1.165, 1.54) is 17.5 Å². The van der Waals surface area contributed by atoms with Crippen LogP contribution in [0.3, 0.4) is 0 Å².